The Bertz CT molecular complexity index is 743. The monoisotopic (exact) mass is 298 g/mol. The summed E-state index contributed by atoms with van der Waals surface area (Å²) in [5.41, 5.74) is 3.08. The summed E-state index contributed by atoms with van der Waals surface area (Å²) in [5, 5.41) is 8.79. The van der Waals surface area contributed by atoms with Gasteiger partial charge in [0.05, 0.1) is 12.4 Å². The third-order valence-electron chi connectivity index (χ3n) is 4.14. The number of aromatic nitrogens is 5. The Labute approximate surface area is 130 Å². The van der Waals surface area contributed by atoms with Gasteiger partial charge in [-0.2, -0.15) is 15.0 Å². The van der Waals surface area contributed by atoms with Crippen LogP contribution in [0, 0.1) is 0 Å². The topological polar surface area (TPSA) is 51.8 Å². The minimum atomic E-state index is 0.203. The first-order valence-electron chi connectivity index (χ1n) is 7.55. The summed E-state index contributed by atoms with van der Waals surface area (Å²) < 4.78 is 2.17. The van der Waals surface area contributed by atoms with Gasteiger partial charge in [0.2, 0.25) is 0 Å². The second kappa shape index (κ2) is 5.88. The first kappa shape index (κ1) is 14.7. The molecule has 6 heteroatoms. The molecule has 0 N–H and O–H groups in total. The van der Waals surface area contributed by atoms with Crippen LogP contribution in [0.2, 0.25) is 0 Å². The second-order valence-electron chi connectivity index (χ2n) is 5.83. The smallest absolute Gasteiger partial charge is 0.113 e. The molecule has 0 spiro atoms. The average Bonchev–Trinajstić information content (AvgIpc) is 3.11. The van der Waals surface area contributed by atoms with Crippen molar-refractivity contribution in [3.63, 3.8) is 0 Å². The minimum Gasteiger partial charge on any atom is -0.328 e. The highest BCUT2D eigenvalue weighted by Crippen LogP contribution is 2.28. The van der Waals surface area contributed by atoms with Crippen molar-refractivity contribution in [3.05, 3.63) is 42.5 Å². The van der Waals surface area contributed by atoms with Gasteiger partial charge in [-0.05, 0) is 38.2 Å². The number of aryl methyl sites for hydroxylation is 1. The Morgan fingerprint density at radius 1 is 1.18 bits per heavy atom. The number of likely N-dealkylation sites (N-methyl/N-ethyl adjacent to an activating group) is 1. The largest absolute Gasteiger partial charge is 0.328 e. The van der Waals surface area contributed by atoms with Crippen molar-refractivity contribution in [1.29, 1.82) is 0 Å². The lowest BCUT2D eigenvalue weighted by Gasteiger charge is -2.32. The van der Waals surface area contributed by atoms with Crippen molar-refractivity contribution in [2.75, 3.05) is 14.1 Å². The predicted molar refractivity (Wildman–Crippen MR) is 86.6 cm³/mol. The van der Waals surface area contributed by atoms with Crippen LogP contribution in [0.4, 0.5) is 0 Å². The maximum absolute atomic E-state index is 4.43. The van der Waals surface area contributed by atoms with Gasteiger partial charge in [0.1, 0.15) is 11.0 Å². The van der Waals surface area contributed by atoms with E-state index >= 15 is 0 Å². The second-order valence-corrected chi connectivity index (χ2v) is 5.83. The summed E-state index contributed by atoms with van der Waals surface area (Å²) in [6.07, 6.45) is 6.79. The van der Waals surface area contributed by atoms with E-state index in [0.717, 1.165) is 17.5 Å². The molecular weight excluding hydrogens is 276 g/mol. The molecule has 0 amide bonds. The molecule has 2 aromatic heterocycles. The van der Waals surface area contributed by atoms with E-state index in [4.69, 9.17) is 0 Å². The average molecular weight is 298 g/mol. The highest BCUT2D eigenvalue weighted by Gasteiger charge is 2.25. The fraction of sp³-hybridized carbons (Fsp3) is 0.438. The molecule has 2 unspecified atom stereocenters. The van der Waals surface area contributed by atoms with Gasteiger partial charge in [-0.3, -0.25) is 0 Å². The number of imidazole rings is 1. The van der Waals surface area contributed by atoms with Gasteiger partial charge in [0.15, 0.2) is 0 Å². The zero-order valence-electron chi connectivity index (χ0n) is 13.5. The summed E-state index contributed by atoms with van der Waals surface area (Å²) in [6, 6.07) is 6.91. The lowest BCUT2D eigenvalue weighted by molar-refractivity contribution is 0.227. The van der Waals surface area contributed by atoms with Gasteiger partial charge in [-0.25, -0.2) is 4.98 Å². The van der Waals surface area contributed by atoms with Crippen molar-refractivity contribution < 1.29 is 0 Å². The summed E-state index contributed by atoms with van der Waals surface area (Å²) in [7, 11) is 6.10. The fourth-order valence-electron chi connectivity index (χ4n) is 3.12. The SMILES string of the molecule is CCC(C(c1ccc2nn(C)nc2c1)n1ccnc1)N(C)C. The molecule has 116 valence electrons. The van der Waals surface area contributed by atoms with Crippen LogP contribution in [-0.2, 0) is 7.05 Å². The van der Waals surface area contributed by atoms with Crippen LogP contribution in [-0.4, -0.2) is 49.6 Å². The number of hydrogen-bond donors (Lipinski definition) is 0. The van der Waals surface area contributed by atoms with Gasteiger partial charge >= 0.3 is 0 Å². The Morgan fingerprint density at radius 3 is 2.59 bits per heavy atom. The molecule has 0 saturated carbocycles. The number of nitrogens with zero attached hydrogens (tertiary/aromatic N) is 6. The number of rotatable bonds is 5. The lowest BCUT2D eigenvalue weighted by atomic mass is 9.96. The van der Waals surface area contributed by atoms with E-state index in [1.165, 1.54) is 5.56 Å². The van der Waals surface area contributed by atoms with Crippen LogP contribution < -0.4 is 0 Å². The molecule has 22 heavy (non-hydrogen) atoms. The maximum atomic E-state index is 4.43. The van der Waals surface area contributed by atoms with Crippen molar-refractivity contribution >= 4 is 11.0 Å². The van der Waals surface area contributed by atoms with Crippen LogP contribution in [0.25, 0.3) is 11.0 Å². The molecule has 6 nitrogen and oxygen atoms in total. The number of benzene rings is 1. The molecule has 2 atom stereocenters. The third-order valence-corrected chi connectivity index (χ3v) is 4.14. The summed E-state index contributed by atoms with van der Waals surface area (Å²) in [5.74, 6) is 0. The molecule has 3 rings (SSSR count). The van der Waals surface area contributed by atoms with E-state index < -0.39 is 0 Å². The number of hydrogen-bond acceptors (Lipinski definition) is 4. The molecule has 2 heterocycles. The van der Waals surface area contributed by atoms with E-state index in [-0.39, 0.29) is 6.04 Å². The molecular formula is C16H22N6. The normalized spacial score (nSPS) is 14.6. The van der Waals surface area contributed by atoms with Crippen molar-refractivity contribution in [2.24, 2.45) is 7.05 Å². The summed E-state index contributed by atoms with van der Waals surface area (Å²) >= 11 is 0. The van der Waals surface area contributed by atoms with E-state index in [0.29, 0.717) is 6.04 Å². The van der Waals surface area contributed by atoms with E-state index in [1.54, 1.807) is 4.80 Å². The van der Waals surface area contributed by atoms with Crippen LogP contribution in [0.3, 0.4) is 0 Å². The van der Waals surface area contributed by atoms with Crippen molar-refractivity contribution in [2.45, 2.75) is 25.4 Å². The minimum absolute atomic E-state index is 0.203. The van der Waals surface area contributed by atoms with Gasteiger partial charge < -0.3 is 9.47 Å². The Morgan fingerprint density at radius 2 is 1.95 bits per heavy atom. The first-order valence-corrected chi connectivity index (χ1v) is 7.55. The molecule has 0 aliphatic carbocycles. The van der Waals surface area contributed by atoms with Crippen LogP contribution in [0.5, 0.6) is 0 Å². The number of fused-ring (bicyclic) bond motifs is 1. The summed E-state index contributed by atoms with van der Waals surface area (Å²) in [4.78, 5) is 8.11. The molecule has 0 aliphatic rings. The van der Waals surface area contributed by atoms with Crippen molar-refractivity contribution in [1.82, 2.24) is 29.4 Å². The van der Waals surface area contributed by atoms with E-state index in [9.17, 15) is 0 Å². The van der Waals surface area contributed by atoms with E-state index in [2.05, 4.69) is 57.8 Å². The molecule has 1 aromatic carbocycles. The standard InChI is InChI=1S/C16H22N6/c1-5-15(20(2)3)16(22-9-8-17-11-22)12-6-7-13-14(10-12)19-21(4)18-13/h6-11,15-16H,5H2,1-4H3. The molecule has 0 bridgehead atoms. The molecule has 0 fully saturated rings. The predicted octanol–water partition coefficient (Wildman–Crippen LogP) is 2.09. The highest BCUT2D eigenvalue weighted by molar-refractivity contribution is 5.74. The Kier molecular flexibility index (Phi) is 3.94. The molecule has 0 radical (unpaired) electrons. The Balaban J connectivity index is 2.10. The first-order chi connectivity index (χ1) is 10.6. The van der Waals surface area contributed by atoms with Gasteiger partial charge in [0.25, 0.3) is 0 Å². The van der Waals surface area contributed by atoms with Gasteiger partial charge in [-0.1, -0.05) is 13.0 Å². The summed E-state index contributed by atoms with van der Waals surface area (Å²) in [6.45, 7) is 2.22. The molecule has 3 aromatic rings. The molecule has 0 aliphatic heterocycles. The highest BCUT2D eigenvalue weighted by atomic mass is 15.4. The van der Waals surface area contributed by atoms with Crippen LogP contribution in [0.15, 0.2) is 36.9 Å². The van der Waals surface area contributed by atoms with Gasteiger partial charge in [-0.15, -0.1) is 0 Å². The maximum Gasteiger partial charge on any atom is 0.113 e. The zero-order chi connectivity index (χ0) is 15.7. The zero-order valence-corrected chi connectivity index (χ0v) is 13.5. The lowest BCUT2D eigenvalue weighted by Crippen LogP contribution is -2.36. The van der Waals surface area contributed by atoms with E-state index in [1.807, 2.05) is 31.8 Å². The van der Waals surface area contributed by atoms with Crippen molar-refractivity contribution in [3.8, 4) is 0 Å². The Hall–Kier alpha value is -2.21. The van der Waals surface area contributed by atoms with Crippen LogP contribution >= 0.6 is 0 Å². The quantitative estimate of drug-likeness (QED) is 0.724. The van der Waals surface area contributed by atoms with Gasteiger partial charge in [0, 0.05) is 25.5 Å². The molecule has 0 saturated heterocycles. The fourth-order valence-corrected chi connectivity index (χ4v) is 3.12. The van der Waals surface area contributed by atoms with Crippen LogP contribution in [0.1, 0.15) is 24.9 Å². The third kappa shape index (κ3) is 2.62.